The van der Waals surface area contributed by atoms with E-state index in [1.54, 1.807) is 43.3 Å². The van der Waals surface area contributed by atoms with E-state index < -0.39 is 5.82 Å². The lowest BCUT2D eigenvalue weighted by atomic mass is 9.98. The molecule has 4 aromatic rings. The number of nitrogens with two attached hydrogens (primary N) is 1. The Hall–Kier alpha value is -4.20. The smallest absolute Gasteiger partial charge is 0.196 e. The summed E-state index contributed by atoms with van der Waals surface area (Å²) in [6.07, 6.45) is 1.54. The van der Waals surface area contributed by atoms with Gasteiger partial charge in [-0.15, -0.1) is 0 Å². The van der Waals surface area contributed by atoms with Gasteiger partial charge in [0.05, 0.1) is 22.7 Å². The molecule has 0 saturated carbocycles. The van der Waals surface area contributed by atoms with Crippen molar-refractivity contribution in [2.45, 2.75) is 26.8 Å². The first-order valence-corrected chi connectivity index (χ1v) is 10.3. The van der Waals surface area contributed by atoms with Crippen LogP contribution in [0.15, 0.2) is 69.1 Å². The summed E-state index contributed by atoms with van der Waals surface area (Å²) in [4.78, 5) is 17.4. The number of aromatic nitrogens is 1. The Labute approximate surface area is 189 Å². The van der Waals surface area contributed by atoms with Gasteiger partial charge < -0.3 is 20.7 Å². The molecule has 4 rings (SSSR count). The van der Waals surface area contributed by atoms with Gasteiger partial charge in [0.1, 0.15) is 22.9 Å². The van der Waals surface area contributed by atoms with Crippen LogP contribution in [0.25, 0.3) is 22.3 Å². The number of rotatable bonds is 5. The minimum atomic E-state index is -0.471. The molecule has 0 saturated heterocycles. The Balaban J connectivity index is 1.90. The fourth-order valence-corrected chi connectivity index (χ4v) is 3.88. The zero-order valence-corrected chi connectivity index (χ0v) is 18.4. The van der Waals surface area contributed by atoms with E-state index in [-0.39, 0.29) is 34.3 Å². The third-order valence-electron chi connectivity index (χ3n) is 5.51. The van der Waals surface area contributed by atoms with Gasteiger partial charge in [0.15, 0.2) is 11.3 Å². The number of fused-ring (bicyclic) bond motifs is 1. The number of amidine groups is 1. The topological polar surface area (TPSA) is 114 Å². The van der Waals surface area contributed by atoms with Gasteiger partial charge in [-0.05, 0) is 56.7 Å². The highest BCUT2D eigenvalue weighted by Crippen LogP contribution is 2.33. The number of hydrogen-bond acceptors (Lipinski definition) is 6. The monoisotopic (exact) mass is 446 g/mol. The number of pyridine rings is 1. The number of nitrogens with zero attached hydrogens (tertiary/aromatic N) is 2. The second-order valence-corrected chi connectivity index (χ2v) is 7.85. The lowest BCUT2D eigenvalue weighted by molar-refractivity contribution is 0.318. The SMILES string of the molecule is Cc1cc([C@@H](C)Nc2cccnc2C(N)=NO)c2oc(-c3ccccc3F)c(C)c(=O)c2c1. The van der Waals surface area contributed by atoms with E-state index in [0.717, 1.165) is 5.56 Å². The lowest BCUT2D eigenvalue weighted by Gasteiger charge is -2.20. The summed E-state index contributed by atoms with van der Waals surface area (Å²) in [5, 5.41) is 15.8. The molecule has 7 nitrogen and oxygen atoms in total. The number of nitrogens with one attached hydrogen (secondary N) is 1. The molecule has 0 fully saturated rings. The fourth-order valence-electron chi connectivity index (χ4n) is 3.88. The predicted octanol–water partition coefficient (Wildman–Crippen LogP) is 4.88. The summed E-state index contributed by atoms with van der Waals surface area (Å²) in [7, 11) is 0. The predicted molar refractivity (Wildman–Crippen MR) is 126 cm³/mol. The Bertz CT molecular complexity index is 1450. The maximum Gasteiger partial charge on any atom is 0.196 e. The van der Waals surface area contributed by atoms with E-state index in [0.29, 0.717) is 27.8 Å². The van der Waals surface area contributed by atoms with Crippen LogP contribution in [0, 0.1) is 19.7 Å². The molecule has 0 aliphatic heterocycles. The van der Waals surface area contributed by atoms with Gasteiger partial charge in [-0.3, -0.25) is 9.78 Å². The van der Waals surface area contributed by atoms with Crippen LogP contribution in [0.1, 0.15) is 35.3 Å². The second-order valence-electron chi connectivity index (χ2n) is 7.85. The van der Waals surface area contributed by atoms with Gasteiger partial charge in [0, 0.05) is 17.3 Å². The van der Waals surface area contributed by atoms with Crippen LogP contribution in [0.3, 0.4) is 0 Å². The van der Waals surface area contributed by atoms with Gasteiger partial charge in [-0.25, -0.2) is 4.39 Å². The molecule has 2 aromatic heterocycles. The minimum Gasteiger partial charge on any atom is -0.455 e. The zero-order chi connectivity index (χ0) is 23.7. The van der Waals surface area contributed by atoms with Crippen LogP contribution in [-0.4, -0.2) is 16.0 Å². The Kier molecular flexibility index (Phi) is 5.83. The van der Waals surface area contributed by atoms with Gasteiger partial charge in [-0.1, -0.05) is 23.4 Å². The van der Waals surface area contributed by atoms with Gasteiger partial charge >= 0.3 is 0 Å². The molecule has 2 heterocycles. The number of aryl methyl sites for hydroxylation is 1. The number of benzene rings is 2. The highest BCUT2D eigenvalue weighted by molar-refractivity contribution is 6.00. The molecule has 0 amide bonds. The highest BCUT2D eigenvalue weighted by atomic mass is 19.1. The van der Waals surface area contributed by atoms with Crippen molar-refractivity contribution in [3.63, 3.8) is 0 Å². The number of anilines is 1. The molecule has 0 bridgehead atoms. The van der Waals surface area contributed by atoms with Gasteiger partial charge in [0.2, 0.25) is 0 Å². The molecule has 2 aromatic carbocycles. The molecule has 8 heteroatoms. The summed E-state index contributed by atoms with van der Waals surface area (Å²) in [5.74, 6) is -0.410. The molecular weight excluding hydrogens is 423 g/mol. The highest BCUT2D eigenvalue weighted by Gasteiger charge is 2.21. The molecule has 0 spiro atoms. The van der Waals surface area contributed by atoms with Crippen molar-refractivity contribution in [1.29, 1.82) is 0 Å². The lowest BCUT2D eigenvalue weighted by Crippen LogP contribution is -2.19. The summed E-state index contributed by atoms with van der Waals surface area (Å²) in [6, 6.07) is 13.0. The maximum atomic E-state index is 14.5. The average Bonchev–Trinajstić information content (AvgIpc) is 2.81. The molecule has 168 valence electrons. The Morgan fingerprint density at radius 3 is 2.70 bits per heavy atom. The molecule has 4 N–H and O–H groups in total. The summed E-state index contributed by atoms with van der Waals surface area (Å²) >= 11 is 0. The summed E-state index contributed by atoms with van der Waals surface area (Å²) in [6.45, 7) is 5.41. The number of oxime groups is 1. The second kappa shape index (κ2) is 8.74. The molecule has 33 heavy (non-hydrogen) atoms. The first-order valence-electron chi connectivity index (χ1n) is 10.3. The molecule has 1 atom stereocenters. The van der Waals surface area contributed by atoms with E-state index in [1.807, 2.05) is 19.9 Å². The van der Waals surface area contributed by atoms with Crippen molar-refractivity contribution in [2.75, 3.05) is 5.32 Å². The van der Waals surface area contributed by atoms with Gasteiger partial charge in [-0.2, -0.15) is 0 Å². The van der Waals surface area contributed by atoms with Crippen molar-refractivity contribution in [1.82, 2.24) is 4.98 Å². The molecular formula is C25H23FN4O3. The normalized spacial score (nSPS) is 12.7. The van der Waals surface area contributed by atoms with Crippen LogP contribution in [0.2, 0.25) is 0 Å². The summed E-state index contributed by atoms with van der Waals surface area (Å²) in [5.41, 5.74) is 8.88. The standard InChI is InChI=1S/C25H23FN4O3/c1-13-11-17(15(3)29-20-9-6-10-28-21(20)25(27)30-32)24-18(12-13)22(31)14(2)23(33-24)16-7-4-5-8-19(16)26/h4-12,15,29,32H,1-3H3,(H2,27,30)/t15-/m1/s1. The van der Waals surface area contributed by atoms with Crippen LogP contribution in [0.4, 0.5) is 10.1 Å². The Morgan fingerprint density at radius 1 is 1.21 bits per heavy atom. The van der Waals surface area contributed by atoms with Crippen LogP contribution in [-0.2, 0) is 0 Å². The van der Waals surface area contributed by atoms with Crippen molar-refractivity contribution in [2.24, 2.45) is 10.9 Å². The van der Waals surface area contributed by atoms with Crippen molar-refractivity contribution < 1.29 is 14.0 Å². The number of halogens is 1. The van der Waals surface area contributed by atoms with E-state index in [1.165, 1.54) is 12.3 Å². The molecule has 0 aliphatic carbocycles. The Morgan fingerprint density at radius 2 is 1.97 bits per heavy atom. The molecule has 0 aliphatic rings. The van der Waals surface area contributed by atoms with Crippen LogP contribution < -0.4 is 16.5 Å². The van der Waals surface area contributed by atoms with Crippen molar-refractivity contribution >= 4 is 22.5 Å². The number of hydrogen-bond donors (Lipinski definition) is 3. The van der Waals surface area contributed by atoms with E-state index in [9.17, 15) is 9.18 Å². The molecule has 0 radical (unpaired) electrons. The maximum absolute atomic E-state index is 14.5. The zero-order valence-electron chi connectivity index (χ0n) is 18.4. The third kappa shape index (κ3) is 4.03. The van der Waals surface area contributed by atoms with E-state index >= 15 is 0 Å². The first-order chi connectivity index (χ1) is 15.8. The van der Waals surface area contributed by atoms with E-state index in [2.05, 4.69) is 15.5 Å². The van der Waals surface area contributed by atoms with E-state index in [4.69, 9.17) is 15.4 Å². The average molecular weight is 446 g/mol. The van der Waals surface area contributed by atoms with Crippen molar-refractivity contribution in [3.8, 4) is 11.3 Å². The largest absolute Gasteiger partial charge is 0.455 e. The van der Waals surface area contributed by atoms with Crippen LogP contribution in [0.5, 0.6) is 0 Å². The van der Waals surface area contributed by atoms with Crippen molar-refractivity contribution in [3.05, 3.63) is 93.2 Å². The fraction of sp³-hybridized carbons (Fsp3) is 0.160. The summed E-state index contributed by atoms with van der Waals surface area (Å²) < 4.78 is 20.7. The van der Waals surface area contributed by atoms with Gasteiger partial charge in [0.25, 0.3) is 0 Å². The minimum absolute atomic E-state index is 0.136. The third-order valence-corrected chi connectivity index (χ3v) is 5.51. The van der Waals surface area contributed by atoms with Crippen LogP contribution >= 0.6 is 0 Å². The molecule has 0 unspecified atom stereocenters. The quantitative estimate of drug-likeness (QED) is 0.174. The first kappa shape index (κ1) is 22.0.